The van der Waals surface area contributed by atoms with E-state index in [2.05, 4.69) is 10.3 Å². The van der Waals surface area contributed by atoms with Crippen molar-refractivity contribution in [3.8, 4) is 5.75 Å². The number of carbonyl (C=O) groups excluding carboxylic acids is 3. The van der Waals surface area contributed by atoms with Crippen molar-refractivity contribution < 1.29 is 24.3 Å². The number of aromatic nitrogens is 1. The minimum atomic E-state index is -0.566. The Kier molecular flexibility index (Phi) is 7.85. The molecular formula is C29H28N4O5S. The number of likely N-dealkylation sites (tertiary alicyclic amines) is 1. The Morgan fingerprint density at radius 1 is 1.08 bits per heavy atom. The van der Waals surface area contributed by atoms with Gasteiger partial charge in [0.15, 0.2) is 0 Å². The Morgan fingerprint density at radius 2 is 1.87 bits per heavy atom. The van der Waals surface area contributed by atoms with E-state index in [1.165, 1.54) is 11.3 Å². The number of para-hydroxylation sites is 1. The summed E-state index contributed by atoms with van der Waals surface area (Å²) in [5, 5.41) is 14.8. The van der Waals surface area contributed by atoms with E-state index in [0.717, 1.165) is 22.2 Å². The zero-order valence-electron chi connectivity index (χ0n) is 21.3. The van der Waals surface area contributed by atoms with E-state index in [-0.39, 0.29) is 30.7 Å². The summed E-state index contributed by atoms with van der Waals surface area (Å²) >= 11 is 1.34. The van der Waals surface area contributed by atoms with Crippen molar-refractivity contribution in [2.75, 3.05) is 13.1 Å². The number of fused-ring (bicyclic) bond motifs is 1. The maximum atomic E-state index is 13.1. The van der Waals surface area contributed by atoms with E-state index in [1.54, 1.807) is 46.8 Å². The van der Waals surface area contributed by atoms with Gasteiger partial charge in [0.1, 0.15) is 12.4 Å². The van der Waals surface area contributed by atoms with Gasteiger partial charge in [-0.05, 0) is 54.8 Å². The molecule has 0 unspecified atom stereocenters. The van der Waals surface area contributed by atoms with Gasteiger partial charge in [0.05, 0.1) is 16.4 Å². The van der Waals surface area contributed by atoms with Gasteiger partial charge in [-0.3, -0.25) is 24.6 Å². The number of thiophene rings is 1. The van der Waals surface area contributed by atoms with Crippen LogP contribution in [0, 0.1) is 12.8 Å². The quantitative estimate of drug-likeness (QED) is 0.228. The van der Waals surface area contributed by atoms with Gasteiger partial charge in [0.2, 0.25) is 5.91 Å². The number of rotatable bonds is 8. The molecule has 1 fully saturated rings. The molecule has 0 bridgehead atoms. The zero-order chi connectivity index (χ0) is 27.4. The molecule has 1 saturated heterocycles. The second-order valence-corrected chi connectivity index (χ2v) is 10.5. The summed E-state index contributed by atoms with van der Waals surface area (Å²) in [7, 11) is 0. The standard InChI is InChI=1S/C29H28N4O5S/c1-18-13-21(23-5-2-3-6-24(23)30-18)17-38-22-10-8-19(9-11-22)28(35)31-25-16-33(15-20(25)14-27(34)32-37)29(36)26-7-4-12-39-26/h2-13,20,25,37H,14-17H2,1H3,(H,31,35)(H,32,34)/t20-,25+/m0/s1. The summed E-state index contributed by atoms with van der Waals surface area (Å²) in [6.45, 7) is 2.88. The molecule has 2 aromatic carbocycles. The number of aryl methyl sites for hydroxylation is 1. The molecule has 10 heteroatoms. The van der Waals surface area contributed by atoms with Crippen molar-refractivity contribution in [2.24, 2.45) is 5.92 Å². The lowest BCUT2D eigenvalue weighted by molar-refractivity contribution is -0.130. The van der Waals surface area contributed by atoms with Crippen LogP contribution in [0.5, 0.6) is 5.75 Å². The van der Waals surface area contributed by atoms with Gasteiger partial charge in [-0.2, -0.15) is 0 Å². The first-order valence-corrected chi connectivity index (χ1v) is 13.4. The van der Waals surface area contributed by atoms with E-state index < -0.39 is 11.9 Å². The third kappa shape index (κ3) is 6.08. The maximum absolute atomic E-state index is 13.1. The Balaban J connectivity index is 1.23. The highest BCUT2D eigenvalue weighted by atomic mass is 32.1. The van der Waals surface area contributed by atoms with Crippen LogP contribution >= 0.6 is 11.3 Å². The van der Waals surface area contributed by atoms with Crippen LogP contribution in [0.4, 0.5) is 0 Å². The monoisotopic (exact) mass is 544 g/mol. The molecule has 0 spiro atoms. The fraction of sp³-hybridized carbons (Fsp3) is 0.241. The number of nitrogens with zero attached hydrogens (tertiary/aromatic N) is 2. The van der Waals surface area contributed by atoms with E-state index in [0.29, 0.717) is 29.3 Å². The number of amides is 3. The molecule has 39 heavy (non-hydrogen) atoms. The summed E-state index contributed by atoms with van der Waals surface area (Å²) in [6, 6.07) is 19.9. The largest absolute Gasteiger partial charge is 0.489 e. The molecule has 1 aliphatic heterocycles. The van der Waals surface area contributed by atoms with Crippen LogP contribution in [0.1, 0.15) is 37.7 Å². The van der Waals surface area contributed by atoms with E-state index in [9.17, 15) is 14.4 Å². The number of nitrogens with one attached hydrogen (secondary N) is 2. The fourth-order valence-corrected chi connectivity index (χ4v) is 5.57. The lowest BCUT2D eigenvalue weighted by Gasteiger charge is -2.19. The molecule has 0 radical (unpaired) electrons. The molecule has 200 valence electrons. The van der Waals surface area contributed by atoms with Gasteiger partial charge in [-0.25, -0.2) is 5.48 Å². The molecule has 5 rings (SSSR count). The highest BCUT2D eigenvalue weighted by molar-refractivity contribution is 7.12. The van der Waals surface area contributed by atoms with Crippen LogP contribution in [0.15, 0.2) is 72.1 Å². The number of hydrogen-bond donors (Lipinski definition) is 3. The Hall–Kier alpha value is -4.28. The van der Waals surface area contributed by atoms with E-state index >= 15 is 0 Å². The average molecular weight is 545 g/mol. The molecular weight excluding hydrogens is 516 g/mol. The third-order valence-corrected chi connectivity index (χ3v) is 7.65. The Bertz CT molecular complexity index is 1490. The van der Waals surface area contributed by atoms with Crippen molar-refractivity contribution in [3.63, 3.8) is 0 Å². The summed E-state index contributed by atoms with van der Waals surface area (Å²) < 4.78 is 6.00. The number of hydrogen-bond acceptors (Lipinski definition) is 7. The molecule has 3 heterocycles. The fourth-order valence-electron chi connectivity index (χ4n) is 4.88. The molecule has 2 atom stereocenters. The van der Waals surface area contributed by atoms with Gasteiger partial charge in [-0.1, -0.05) is 24.3 Å². The first kappa shape index (κ1) is 26.3. The molecule has 4 aromatic rings. The SMILES string of the molecule is Cc1cc(COc2ccc(C(=O)N[C@@H]3CN(C(=O)c4cccs4)C[C@@H]3CC(=O)NO)cc2)c2ccccc2n1. The lowest BCUT2D eigenvalue weighted by Crippen LogP contribution is -2.42. The van der Waals surface area contributed by atoms with Gasteiger partial charge >= 0.3 is 0 Å². The predicted molar refractivity (Wildman–Crippen MR) is 147 cm³/mol. The van der Waals surface area contributed by atoms with Crippen molar-refractivity contribution >= 4 is 40.0 Å². The first-order valence-electron chi connectivity index (χ1n) is 12.6. The number of ether oxygens (including phenoxy) is 1. The smallest absolute Gasteiger partial charge is 0.263 e. The number of benzene rings is 2. The molecule has 3 N–H and O–H groups in total. The van der Waals surface area contributed by atoms with Gasteiger partial charge in [0, 0.05) is 47.6 Å². The minimum absolute atomic E-state index is 0.0222. The second kappa shape index (κ2) is 11.6. The van der Waals surface area contributed by atoms with Crippen molar-refractivity contribution in [1.29, 1.82) is 0 Å². The van der Waals surface area contributed by atoms with Crippen molar-refractivity contribution in [2.45, 2.75) is 26.0 Å². The normalized spacial score (nSPS) is 16.7. The van der Waals surface area contributed by atoms with E-state index in [4.69, 9.17) is 9.94 Å². The molecule has 3 amide bonds. The first-order chi connectivity index (χ1) is 18.9. The molecule has 1 aliphatic rings. The van der Waals surface area contributed by atoms with Crippen molar-refractivity contribution in [3.05, 3.63) is 93.8 Å². The van der Waals surface area contributed by atoms with Crippen LogP contribution in [-0.2, 0) is 11.4 Å². The number of carbonyl (C=O) groups is 3. The number of pyridine rings is 1. The Morgan fingerprint density at radius 3 is 2.62 bits per heavy atom. The number of hydroxylamine groups is 1. The molecule has 0 saturated carbocycles. The Labute approximate surface area is 229 Å². The third-order valence-electron chi connectivity index (χ3n) is 6.79. The summed E-state index contributed by atoms with van der Waals surface area (Å²) in [5.74, 6) is -0.747. The van der Waals surface area contributed by atoms with Crippen LogP contribution in [0.3, 0.4) is 0 Å². The van der Waals surface area contributed by atoms with Crippen LogP contribution in [-0.4, -0.2) is 51.9 Å². The lowest BCUT2D eigenvalue weighted by atomic mass is 9.99. The van der Waals surface area contributed by atoms with Crippen molar-refractivity contribution in [1.82, 2.24) is 20.7 Å². The highest BCUT2D eigenvalue weighted by Gasteiger charge is 2.38. The van der Waals surface area contributed by atoms with Gasteiger partial charge < -0.3 is 15.0 Å². The van der Waals surface area contributed by atoms with Gasteiger partial charge in [-0.15, -0.1) is 11.3 Å². The molecule has 0 aliphatic carbocycles. The van der Waals surface area contributed by atoms with Crippen LogP contribution in [0.2, 0.25) is 0 Å². The summed E-state index contributed by atoms with van der Waals surface area (Å²) in [5.41, 5.74) is 4.93. The second-order valence-electron chi connectivity index (χ2n) is 9.52. The van der Waals surface area contributed by atoms with Crippen LogP contribution in [0.25, 0.3) is 10.9 Å². The average Bonchev–Trinajstić information content (AvgIpc) is 3.62. The van der Waals surface area contributed by atoms with Gasteiger partial charge in [0.25, 0.3) is 11.8 Å². The molecule has 2 aromatic heterocycles. The summed E-state index contributed by atoms with van der Waals surface area (Å²) in [6.07, 6.45) is -0.0222. The summed E-state index contributed by atoms with van der Waals surface area (Å²) in [4.78, 5) is 44.6. The zero-order valence-corrected chi connectivity index (χ0v) is 22.1. The topological polar surface area (TPSA) is 121 Å². The maximum Gasteiger partial charge on any atom is 0.263 e. The molecule has 9 nitrogen and oxygen atoms in total. The highest BCUT2D eigenvalue weighted by Crippen LogP contribution is 2.25. The van der Waals surface area contributed by atoms with Crippen LogP contribution < -0.4 is 15.5 Å². The van der Waals surface area contributed by atoms with E-state index in [1.807, 2.05) is 42.6 Å². The minimum Gasteiger partial charge on any atom is -0.489 e. The predicted octanol–water partition coefficient (Wildman–Crippen LogP) is 3.95.